The summed E-state index contributed by atoms with van der Waals surface area (Å²) < 4.78 is 5.72. The van der Waals surface area contributed by atoms with E-state index in [9.17, 15) is 9.59 Å². The van der Waals surface area contributed by atoms with E-state index in [1.807, 2.05) is 76.2 Å². The lowest BCUT2D eigenvalue weighted by atomic mass is 10.1. The van der Waals surface area contributed by atoms with Gasteiger partial charge in [-0.2, -0.15) is 0 Å². The topological polar surface area (TPSA) is 58.6 Å². The van der Waals surface area contributed by atoms with Gasteiger partial charge in [0.05, 0.1) is 0 Å². The van der Waals surface area contributed by atoms with E-state index >= 15 is 0 Å². The van der Waals surface area contributed by atoms with Crippen LogP contribution in [0.1, 0.15) is 51.3 Å². The van der Waals surface area contributed by atoms with Gasteiger partial charge in [-0.3, -0.25) is 9.59 Å². The van der Waals surface area contributed by atoms with Crippen LogP contribution in [0, 0.1) is 6.92 Å². The standard InChI is InChI=1S/C25H34N2O3/c1-7-20-11-13-22(14-12-20)30-17-23(28)27(16-21-10-8-9-18(2)15-21)19(3)24(29)26-25(4,5)6/h8-15,19H,7,16-17H2,1-6H3,(H,26,29)/t19-/m1/s1. The summed E-state index contributed by atoms with van der Waals surface area (Å²) in [6, 6.07) is 15.1. The van der Waals surface area contributed by atoms with Gasteiger partial charge in [0.25, 0.3) is 5.91 Å². The second-order valence-corrected chi connectivity index (χ2v) is 8.71. The quantitative estimate of drug-likeness (QED) is 0.707. The first-order valence-electron chi connectivity index (χ1n) is 10.5. The second kappa shape index (κ2) is 10.3. The maximum Gasteiger partial charge on any atom is 0.261 e. The van der Waals surface area contributed by atoms with Crippen molar-refractivity contribution in [3.8, 4) is 5.75 Å². The molecule has 0 aliphatic rings. The number of hydrogen-bond acceptors (Lipinski definition) is 3. The Morgan fingerprint density at radius 1 is 1.07 bits per heavy atom. The number of aryl methyl sites for hydroxylation is 2. The van der Waals surface area contributed by atoms with Gasteiger partial charge in [0.2, 0.25) is 5.91 Å². The van der Waals surface area contributed by atoms with Crippen molar-refractivity contribution >= 4 is 11.8 Å². The number of nitrogens with one attached hydrogen (secondary N) is 1. The summed E-state index contributed by atoms with van der Waals surface area (Å²) in [4.78, 5) is 27.4. The lowest BCUT2D eigenvalue weighted by Crippen LogP contribution is -2.53. The van der Waals surface area contributed by atoms with E-state index in [4.69, 9.17) is 4.74 Å². The lowest BCUT2D eigenvalue weighted by molar-refractivity contribution is -0.142. The molecule has 5 nitrogen and oxygen atoms in total. The van der Waals surface area contributed by atoms with Crippen LogP contribution in [0.3, 0.4) is 0 Å². The molecule has 1 atom stereocenters. The minimum absolute atomic E-state index is 0.121. The number of carbonyl (C=O) groups is 2. The Bertz CT molecular complexity index is 853. The first-order valence-corrected chi connectivity index (χ1v) is 10.5. The molecule has 0 saturated carbocycles. The van der Waals surface area contributed by atoms with Crippen LogP contribution in [0.15, 0.2) is 48.5 Å². The van der Waals surface area contributed by atoms with Crippen LogP contribution in [0.5, 0.6) is 5.75 Å². The highest BCUT2D eigenvalue weighted by Crippen LogP contribution is 2.15. The largest absolute Gasteiger partial charge is 0.484 e. The first kappa shape index (κ1) is 23.5. The molecule has 0 aliphatic carbocycles. The van der Waals surface area contributed by atoms with Crippen molar-refractivity contribution in [2.75, 3.05) is 6.61 Å². The molecule has 162 valence electrons. The van der Waals surface area contributed by atoms with E-state index in [1.54, 1.807) is 11.8 Å². The van der Waals surface area contributed by atoms with Gasteiger partial charge in [-0.1, -0.05) is 48.9 Å². The SMILES string of the molecule is CCc1ccc(OCC(=O)N(Cc2cccc(C)c2)[C@H](C)C(=O)NC(C)(C)C)cc1. The molecule has 2 rings (SSSR count). The zero-order chi connectivity index (χ0) is 22.3. The molecule has 30 heavy (non-hydrogen) atoms. The highest BCUT2D eigenvalue weighted by atomic mass is 16.5. The number of nitrogens with zero attached hydrogens (tertiary/aromatic N) is 1. The maximum atomic E-state index is 13.1. The molecule has 2 aromatic rings. The molecule has 0 unspecified atom stereocenters. The third kappa shape index (κ3) is 7.21. The lowest BCUT2D eigenvalue weighted by Gasteiger charge is -2.31. The fourth-order valence-electron chi connectivity index (χ4n) is 3.11. The van der Waals surface area contributed by atoms with Crippen LogP contribution in [0.25, 0.3) is 0 Å². The number of rotatable bonds is 8. The Morgan fingerprint density at radius 3 is 2.30 bits per heavy atom. The third-order valence-electron chi connectivity index (χ3n) is 4.79. The first-order chi connectivity index (χ1) is 14.1. The summed E-state index contributed by atoms with van der Waals surface area (Å²) in [5.41, 5.74) is 2.92. The van der Waals surface area contributed by atoms with E-state index in [-0.39, 0.29) is 24.0 Å². The van der Waals surface area contributed by atoms with Crippen molar-refractivity contribution in [3.05, 3.63) is 65.2 Å². The van der Waals surface area contributed by atoms with Crippen LogP contribution in [0.2, 0.25) is 0 Å². The molecule has 0 bridgehead atoms. The van der Waals surface area contributed by atoms with Crippen molar-refractivity contribution in [2.45, 2.75) is 66.1 Å². The monoisotopic (exact) mass is 410 g/mol. The third-order valence-corrected chi connectivity index (χ3v) is 4.79. The van der Waals surface area contributed by atoms with Crippen LogP contribution >= 0.6 is 0 Å². The molecule has 2 amide bonds. The summed E-state index contributed by atoms with van der Waals surface area (Å²) in [5, 5.41) is 2.96. The molecule has 0 saturated heterocycles. The summed E-state index contributed by atoms with van der Waals surface area (Å²) >= 11 is 0. The molecule has 1 N–H and O–H groups in total. The zero-order valence-electron chi connectivity index (χ0n) is 19.0. The Balaban J connectivity index is 2.15. The number of benzene rings is 2. The van der Waals surface area contributed by atoms with Crippen molar-refractivity contribution in [1.29, 1.82) is 0 Å². The van der Waals surface area contributed by atoms with Gasteiger partial charge in [0.1, 0.15) is 11.8 Å². The van der Waals surface area contributed by atoms with Crippen LogP contribution in [-0.2, 0) is 22.6 Å². The van der Waals surface area contributed by atoms with E-state index in [2.05, 4.69) is 12.2 Å². The predicted octanol–water partition coefficient (Wildman–Crippen LogP) is 4.27. The molecular weight excluding hydrogens is 376 g/mol. The molecule has 5 heteroatoms. The summed E-state index contributed by atoms with van der Waals surface area (Å²) in [6.07, 6.45) is 0.948. The molecule has 0 radical (unpaired) electrons. The normalized spacial score (nSPS) is 12.2. The van der Waals surface area contributed by atoms with Gasteiger partial charge in [0, 0.05) is 12.1 Å². The minimum atomic E-state index is -0.622. The van der Waals surface area contributed by atoms with Gasteiger partial charge < -0.3 is 15.0 Å². The Kier molecular flexibility index (Phi) is 8.04. The van der Waals surface area contributed by atoms with Crippen molar-refractivity contribution in [2.24, 2.45) is 0 Å². The maximum absolute atomic E-state index is 13.1. The molecular formula is C25H34N2O3. The average Bonchev–Trinajstić information content (AvgIpc) is 2.69. The van der Waals surface area contributed by atoms with Crippen molar-refractivity contribution in [3.63, 3.8) is 0 Å². The fraction of sp³-hybridized carbons (Fsp3) is 0.440. The number of hydrogen-bond donors (Lipinski definition) is 1. The highest BCUT2D eigenvalue weighted by molar-refractivity contribution is 5.88. The van der Waals surface area contributed by atoms with E-state index < -0.39 is 6.04 Å². The summed E-state index contributed by atoms with van der Waals surface area (Å²) in [5.74, 6) is 0.228. The number of carbonyl (C=O) groups excluding carboxylic acids is 2. The molecule has 0 fully saturated rings. The number of amides is 2. The Labute approximate surface area is 180 Å². The second-order valence-electron chi connectivity index (χ2n) is 8.71. The summed E-state index contributed by atoms with van der Waals surface area (Å²) in [6.45, 7) is 11.8. The fourth-order valence-corrected chi connectivity index (χ4v) is 3.11. The van der Waals surface area contributed by atoms with E-state index in [1.165, 1.54) is 5.56 Å². The highest BCUT2D eigenvalue weighted by Gasteiger charge is 2.28. The summed E-state index contributed by atoms with van der Waals surface area (Å²) in [7, 11) is 0. The molecule has 2 aromatic carbocycles. The minimum Gasteiger partial charge on any atom is -0.484 e. The zero-order valence-corrected chi connectivity index (χ0v) is 19.0. The molecule has 0 aromatic heterocycles. The van der Waals surface area contributed by atoms with Crippen molar-refractivity contribution < 1.29 is 14.3 Å². The Hall–Kier alpha value is -2.82. The predicted molar refractivity (Wildman–Crippen MR) is 120 cm³/mol. The van der Waals surface area contributed by atoms with Gasteiger partial charge in [-0.15, -0.1) is 0 Å². The van der Waals surface area contributed by atoms with E-state index in [0.29, 0.717) is 12.3 Å². The van der Waals surface area contributed by atoms with Crippen LogP contribution < -0.4 is 10.1 Å². The van der Waals surface area contributed by atoms with Crippen LogP contribution in [-0.4, -0.2) is 34.9 Å². The van der Waals surface area contributed by atoms with Gasteiger partial charge in [0.15, 0.2) is 6.61 Å². The molecule has 0 spiro atoms. The molecule has 0 heterocycles. The van der Waals surface area contributed by atoms with Crippen molar-refractivity contribution in [1.82, 2.24) is 10.2 Å². The number of ether oxygens (including phenoxy) is 1. The van der Waals surface area contributed by atoms with Gasteiger partial charge in [-0.05, 0) is 64.3 Å². The average molecular weight is 411 g/mol. The smallest absolute Gasteiger partial charge is 0.261 e. The Morgan fingerprint density at radius 2 is 1.73 bits per heavy atom. The van der Waals surface area contributed by atoms with Crippen LogP contribution in [0.4, 0.5) is 0 Å². The van der Waals surface area contributed by atoms with E-state index in [0.717, 1.165) is 17.5 Å². The van der Waals surface area contributed by atoms with Gasteiger partial charge in [-0.25, -0.2) is 0 Å². The van der Waals surface area contributed by atoms with Gasteiger partial charge >= 0.3 is 0 Å². The molecule has 0 aliphatic heterocycles.